The molecule has 15 heavy (non-hydrogen) atoms. The van der Waals surface area contributed by atoms with Gasteiger partial charge in [0.15, 0.2) is 0 Å². The summed E-state index contributed by atoms with van der Waals surface area (Å²) in [7, 11) is 0. The molecule has 0 aromatic rings. The lowest BCUT2D eigenvalue weighted by Gasteiger charge is -2.22. The van der Waals surface area contributed by atoms with Crippen LogP contribution in [0.1, 0.15) is 48.0 Å². The van der Waals surface area contributed by atoms with Gasteiger partial charge in [-0.1, -0.05) is 13.8 Å². The molecule has 0 saturated heterocycles. The van der Waals surface area contributed by atoms with E-state index in [1.54, 1.807) is 0 Å². The van der Waals surface area contributed by atoms with Gasteiger partial charge < -0.3 is 4.74 Å². The predicted octanol–water partition coefficient (Wildman–Crippen LogP) is 2.58. The maximum Gasteiger partial charge on any atom is 0.307 e. The molecule has 0 bridgehead atoms. The summed E-state index contributed by atoms with van der Waals surface area (Å²) in [4.78, 5) is 22.8. The van der Waals surface area contributed by atoms with Crippen LogP contribution in [0, 0.1) is 11.8 Å². The first kappa shape index (κ1) is 14.1. The van der Waals surface area contributed by atoms with Gasteiger partial charge in [0.25, 0.3) is 0 Å². The highest BCUT2D eigenvalue weighted by molar-refractivity contribution is 5.83. The average Bonchev–Trinajstić information content (AvgIpc) is 1.95. The molecule has 3 nitrogen and oxygen atoms in total. The van der Waals surface area contributed by atoms with E-state index >= 15 is 0 Å². The number of ether oxygens (including phenoxy) is 1. The lowest BCUT2D eigenvalue weighted by atomic mass is 9.89. The second-order valence-electron chi connectivity index (χ2n) is 5.25. The molecular weight excluding hydrogens is 192 g/mol. The number of rotatable bonds is 4. The highest BCUT2D eigenvalue weighted by atomic mass is 16.6. The van der Waals surface area contributed by atoms with E-state index in [0.29, 0.717) is 0 Å². The fourth-order valence-electron chi connectivity index (χ4n) is 1.41. The Kier molecular flexibility index (Phi) is 4.98. The molecule has 0 aliphatic rings. The molecule has 3 heteroatoms. The normalized spacial score (nSPS) is 13.8. The van der Waals surface area contributed by atoms with E-state index in [1.165, 1.54) is 6.92 Å². The molecule has 0 amide bonds. The zero-order valence-corrected chi connectivity index (χ0v) is 10.6. The van der Waals surface area contributed by atoms with E-state index in [2.05, 4.69) is 0 Å². The van der Waals surface area contributed by atoms with E-state index in [0.717, 1.165) is 0 Å². The number of hydrogen-bond donors (Lipinski definition) is 0. The van der Waals surface area contributed by atoms with E-state index in [1.807, 2.05) is 34.6 Å². The first-order valence-corrected chi connectivity index (χ1v) is 5.36. The third-order valence-corrected chi connectivity index (χ3v) is 2.13. The Hall–Kier alpha value is -0.860. The molecule has 0 aliphatic heterocycles. The number of hydrogen-bond acceptors (Lipinski definition) is 3. The SMILES string of the molecule is CC(=O)[C@@H](CC(=O)OC(C)(C)C)C(C)C. The van der Waals surface area contributed by atoms with Crippen LogP contribution in [-0.4, -0.2) is 17.4 Å². The largest absolute Gasteiger partial charge is 0.460 e. The first-order valence-electron chi connectivity index (χ1n) is 5.36. The second kappa shape index (κ2) is 5.29. The molecule has 0 unspecified atom stereocenters. The highest BCUT2D eigenvalue weighted by Crippen LogP contribution is 2.19. The quantitative estimate of drug-likeness (QED) is 0.675. The van der Waals surface area contributed by atoms with Gasteiger partial charge in [0.2, 0.25) is 0 Å². The van der Waals surface area contributed by atoms with Crippen molar-refractivity contribution in [2.24, 2.45) is 11.8 Å². The van der Waals surface area contributed by atoms with Crippen molar-refractivity contribution in [3.8, 4) is 0 Å². The van der Waals surface area contributed by atoms with Crippen LogP contribution in [0.25, 0.3) is 0 Å². The molecule has 0 fully saturated rings. The van der Waals surface area contributed by atoms with Gasteiger partial charge in [-0.25, -0.2) is 0 Å². The molecule has 0 rings (SSSR count). The smallest absolute Gasteiger partial charge is 0.307 e. The van der Waals surface area contributed by atoms with Crippen LogP contribution in [0.5, 0.6) is 0 Å². The third kappa shape index (κ3) is 6.26. The van der Waals surface area contributed by atoms with Crippen molar-refractivity contribution < 1.29 is 14.3 Å². The molecule has 1 atom stereocenters. The predicted molar refractivity (Wildman–Crippen MR) is 59.5 cm³/mol. The van der Waals surface area contributed by atoms with Gasteiger partial charge in [-0.3, -0.25) is 9.59 Å². The van der Waals surface area contributed by atoms with Crippen LogP contribution in [0.3, 0.4) is 0 Å². The standard InChI is InChI=1S/C12H22O3/c1-8(2)10(9(3)13)7-11(14)15-12(4,5)6/h8,10H,7H2,1-6H3/t10-/m0/s1. The molecule has 0 N–H and O–H groups in total. The lowest BCUT2D eigenvalue weighted by Crippen LogP contribution is -2.28. The molecule has 88 valence electrons. The van der Waals surface area contributed by atoms with Crippen LogP contribution < -0.4 is 0 Å². The molecule has 0 heterocycles. The van der Waals surface area contributed by atoms with E-state index < -0.39 is 5.60 Å². The monoisotopic (exact) mass is 214 g/mol. The molecule has 0 aromatic carbocycles. The second-order valence-corrected chi connectivity index (χ2v) is 5.25. The zero-order chi connectivity index (χ0) is 12.2. The van der Waals surface area contributed by atoms with E-state index in [9.17, 15) is 9.59 Å². The minimum absolute atomic E-state index is 0.0517. The first-order chi connectivity index (χ1) is 6.63. The van der Waals surface area contributed by atoms with Crippen molar-refractivity contribution in [1.29, 1.82) is 0 Å². The molecule has 0 aliphatic carbocycles. The Bertz CT molecular complexity index is 236. The van der Waals surface area contributed by atoms with Gasteiger partial charge in [0, 0.05) is 5.92 Å². The summed E-state index contributed by atoms with van der Waals surface area (Å²) in [6, 6.07) is 0. The summed E-state index contributed by atoms with van der Waals surface area (Å²) in [5.41, 5.74) is -0.477. The fourth-order valence-corrected chi connectivity index (χ4v) is 1.41. The van der Waals surface area contributed by atoms with Crippen molar-refractivity contribution in [1.82, 2.24) is 0 Å². The number of Topliss-reactive ketones (excluding diaryl/α,β-unsaturated/α-hetero) is 1. The van der Waals surface area contributed by atoms with Crippen LogP contribution in [0.15, 0.2) is 0 Å². The molecule has 0 aromatic heterocycles. The number of carbonyl (C=O) groups excluding carboxylic acids is 2. The molecule has 0 saturated carbocycles. The van der Waals surface area contributed by atoms with Crippen molar-refractivity contribution >= 4 is 11.8 Å². The van der Waals surface area contributed by atoms with Crippen LogP contribution >= 0.6 is 0 Å². The van der Waals surface area contributed by atoms with Crippen LogP contribution in [0.2, 0.25) is 0 Å². The number of esters is 1. The Labute approximate surface area is 92.2 Å². The minimum atomic E-state index is -0.477. The summed E-state index contributed by atoms with van der Waals surface area (Å²) in [5.74, 6) is -0.290. The minimum Gasteiger partial charge on any atom is -0.460 e. The van der Waals surface area contributed by atoms with Crippen LogP contribution in [0.4, 0.5) is 0 Å². The van der Waals surface area contributed by atoms with Crippen molar-refractivity contribution in [2.75, 3.05) is 0 Å². The Morgan fingerprint density at radius 2 is 1.67 bits per heavy atom. The number of ketones is 1. The Balaban J connectivity index is 4.31. The molecular formula is C12H22O3. The highest BCUT2D eigenvalue weighted by Gasteiger charge is 2.25. The van der Waals surface area contributed by atoms with E-state index in [4.69, 9.17) is 4.74 Å². The maximum atomic E-state index is 11.5. The van der Waals surface area contributed by atoms with Gasteiger partial charge in [-0.15, -0.1) is 0 Å². The molecule has 0 spiro atoms. The Morgan fingerprint density at radius 1 is 1.20 bits per heavy atom. The van der Waals surface area contributed by atoms with Gasteiger partial charge in [-0.2, -0.15) is 0 Å². The number of carbonyl (C=O) groups is 2. The summed E-state index contributed by atoms with van der Waals surface area (Å²) in [6.07, 6.45) is 0.185. The van der Waals surface area contributed by atoms with Gasteiger partial charge in [0.05, 0.1) is 6.42 Å². The van der Waals surface area contributed by atoms with Gasteiger partial charge in [-0.05, 0) is 33.6 Å². The maximum absolute atomic E-state index is 11.5. The third-order valence-electron chi connectivity index (χ3n) is 2.13. The van der Waals surface area contributed by atoms with Crippen LogP contribution in [-0.2, 0) is 14.3 Å². The van der Waals surface area contributed by atoms with Gasteiger partial charge in [0.1, 0.15) is 11.4 Å². The summed E-state index contributed by atoms with van der Waals surface area (Å²) < 4.78 is 5.18. The molecule has 0 radical (unpaired) electrons. The zero-order valence-electron chi connectivity index (χ0n) is 10.6. The topological polar surface area (TPSA) is 43.4 Å². The average molecular weight is 214 g/mol. The Morgan fingerprint density at radius 3 is 1.93 bits per heavy atom. The fraction of sp³-hybridized carbons (Fsp3) is 0.833. The van der Waals surface area contributed by atoms with Crippen molar-refractivity contribution in [2.45, 2.75) is 53.6 Å². The summed E-state index contributed by atoms with van der Waals surface area (Å²) in [5, 5.41) is 0. The van der Waals surface area contributed by atoms with Crippen molar-refractivity contribution in [3.05, 3.63) is 0 Å². The lowest BCUT2D eigenvalue weighted by molar-refractivity contribution is -0.157. The van der Waals surface area contributed by atoms with Gasteiger partial charge >= 0.3 is 5.97 Å². The van der Waals surface area contributed by atoms with Crippen molar-refractivity contribution in [3.63, 3.8) is 0 Å². The summed E-state index contributed by atoms with van der Waals surface area (Å²) >= 11 is 0. The summed E-state index contributed by atoms with van der Waals surface area (Å²) in [6.45, 7) is 10.9. The van der Waals surface area contributed by atoms with E-state index in [-0.39, 0.29) is 30.0 Å².